The van der Waals surface area contributed by atoms with Crippen LogP contribution in [0.2, 0.25) is 0 Å². The predicted octanol–water partition coefficient (Wildman–Crippen LogP) is 4.75. The Morgan fingerprint density at radius 3 is 2.30 bits per heavy atom. The standard InChI is InChI=1S/C23H24FNO5/c1-14(2)25(15(3)4)22(26)13-28-18-9-10-19-20(11-18)29-12-21(23(19)27)30-17-7-5-16(24)6-8-17/h5-12,14-15H,13H2,1-4H3. The van der Waals surface area contributed by atoms with Crippen molar-refractivity contribution >= 4 is 16.9 Å². The summed E-state index contributed by atoms with van der Waals surface area (Å²) in [5.41, 5.74) is -0.0602. The Morgan fingerprint density at radius 2 is 1.67 bits per heavy atom. The summed E-state index contributed by atoms with van der Waals surface area (Å²) in [6, 6.07) is 10.2. The molecule has 0 aliphatic carbocycles. The molecule has 0 aliphatic rings. The molecule has 0 fully saturated rings. The van der Waals surface area contributed by atoms with Gasteiger partial charge < -0.3 is 18.8 Å². The van der Waals surface area contributed by atoms with Gasteiger partial charge in [0, 0.05) is 18.2 Å². The Hall–Kier alpha value is -3.35. The van der Waals surface area contributed by atoms with Gasteiger partial charge in [-0.2, -0.15) is 0 Å². The van der Waals surface area contributed by atoms with Crippen molar-refractivity contribution in [2.45, 2.75) is 39.8 Å². The van der Waals surface area contributed by atoms with Crippen LogP contribution in [0, 0.1) is 5.82 Å². The van der Waals surface area contributed by atoms with Crippen LogP contribution in [-0.4, -0.2) is 29.5 Å². The van der Waals surface area contributed by atoms with Crippen LogP contribution in [0.5, 0.6) is 17.2 Å². The number of carbonyl (C=O) groups excluding carboxylic acids is 1. The van der Waals surface area contributed by atoms with Crippen molar-refractivity contribution in [1.29, 1.82) is 0 Å². The molecule has 0 radical (unpaired) electrons. The number of hydrogen-bond donors (Lipinski definition) is 0. The molecule has 0 saturated heterocycles. The molecule has 0 aliphatic heterocycles. The first-order chi connectivity index (χ1) is 14.3. The molecule has 0 N–H and O–H groups in total. The molecule has 6 nitrogen and oxygen atoms in total. The summed E-state index contributed by atoms with van der Waals surface area (Å²) in [4.78, 5) is 26.8. The van der Waals surface area contributed by atoms with E-state index in [0.29, 0.717) is 22.5 Å². The van der Waals surface area contributed by atoms with Gasteiger partial charge in [0.2, 0.25) is 11.2 Å². The van der Waals surface area contributed by atoms with E-state index in [1.165, 1.54) is 30.5 Å². The molecular weight excluding hydrogens is 389 g/mol. The Bertz CT molecular complexity index is 1080. The van der Waals surface area contributed by atoms with Gasteiger partial charge >= 0.3 is 0 Å². The number of hydrogen-bond acceptors (Lipinski definition) is 5. The SMILES string of the molecule is CC(C)N(C(=O)COc1ccc2c(=O)c(Oc3ccc(F)cc3)coc2c1)C(C)C. The van der Waals surface area contributed by atoms with Crippen molar-refractivity contribution in [2.24, 2.45) is 0 Å². The molecule has 0 saturated carbocycles. The van der Waals surface area contributed by atoms with Gasteiger partial charge in [-0.1, -0.05) is 0 Å². The van der Waals surface area contributed by atoms with E-state index in [4.69, 9.17) is 13.9 Å². The lowest BCUT2D eigenvalue weighted by molar-refractivity contribution is -0.136. The van der Waals surface area contributed by atoms with Gasteiger partial charge in [0.1, 0.15) is 29.2 Å². The molecule has 0 bridgehead atoms. The summed E-state index contributed by atoms with van der Waals surface area (Å²) >= 11 is 0. The van der Waals surface area contributed by atoms with E-state index in [2.05, 4.69) is 0 Å². The Morgan fingerprint density at radius 1 is 1.03 bits per heavy atom. The van der Waals surface area contributed by atoms with Crippen LogP contribution in [0.1, 0.15) is 27.7 Å². The molecular formula is C23H24FNO5. The first-order valence-corrected chi connectivity index (χ1v) is 9.69. The van der Waals surface area contributed by atoms with Gasteiger partial charge in [-0.3, -0.25) is 9.59 Å². The zero-order valence-corrected chi connectivity index (χ0v) is 17.3. The molecule has 7 heteroatoms. The number of halogens is 1. The third-order valence-electron chi connectivity index (χ3n) is 4.52. The Balaban J connectivity index is 1.76. The summed E-state index contributed by atoms with van der Waals surface area (Å²) in [6.07, 6.45) is 1.20. The zero-order valence-electron chi connectivity index (χ0n) is 17.3. The minimum absolute atomic E-state index is 0.0116. The first kappa shape index (κ1) is 21.4. The van der Waals surface area contributed by atoms with E-state index in [0.717, 1.165) is 0 Å². The molecule has 3 rings (SSSR count). The quantitative estimate of drug-likeness (QED) is 0.559. The first-order valence-electron chi connectivity index (χ1n) is 9.69. The minimum atomic E-state index is -0.399. The van der Waals surface area contributed by atoms with Crippen LogP contribution in [0.3, 0.4) is 0 Å². The lowest BCUT2D eigenvalue weighted by Crippen LogP contribution is -2.44. The van der Waals surface area contributed by atoms with Crippen molar-refractivity contribution in [2.75, 3.05) is 6.61 Å². The molecule has 3 aromatic rings. The van der Waals surface area contributed by atoms with Crippen LogP contribution in [-0.2, 0) is 4.79 Å². The van der Waals surface area contributed by atoms with Crippen molar-refractivity contribution in [3.8, 4) is 17.2 Å². The summed E-state index contributed by atoms with van der Waals surface area (Å²) in [6.45, 7) is 7.70. The van der Waals surface area contributed by atoms with E-state index < -0.39 is 5.82 Å². The lowest BCUT2D eigenvalue weighted by Gasteiger charge is -2.30. The topological polar surface area (TPSA) is 69.0 Å². The summed E-state index contributed by atoms with van der Waals surface area (Å²) < 4.78 is 29.6. The van der Waals surface area contributed by atoms with Crippen LogP contribution in [0.15, 0.2) is 57.9 Å². The average Bonchev–Trinajstić information content (AvgIpc) is 2.69. The van der Waals surface area contributed by atoms with Crippen molar-refractivity contribution < 1.29 is 23.1 Å². The summed E-state index contributed by atoms with van der Waals surface area (Å²) in [5, 5.41) is 0.305. The number of amides is 1. The van der Waals surface area contributed by atoms with Gasteiger partial charge in [0.05, 0.1) is 5.39 Å². The van der Waals surface area contributed by atoms with Gasteiger partial charge in [-0.15, -0.1) is 0 Å². The second kappa shape index (κ2) is 8.98. The van der Waals surface area contributed by atoms with Gasteiger partial charge in [-0.05, 0) is 64.1 Å². The molecule has 1 heterocycles. The third-order valence-corrected chi connectivity index (χ3v) is 4.52. The second-order valence-electron chi connectivity index (χ2n) is 7.42. The lowest BCUT2D eigenvalue weighted by atomic mass is 10.2. The van der Waals surface area contributed by atoms with E-state index >= 15 is 0 Å². The normalized spacial score (nSPS) is 11.2. The summed E-state index contributed by atoms with van der Waals surface area (Å²) in [7, 11) is 0. The number of carbonyl (C=O) groups is 1. The summed E-state index contributed by atoms with van der Waals surface area (Å²) in [5.74, 6) is 0.205. The van der Waals surface area contributed by atoms with E-state index in [1.54, 1.807) is 23.1 Å². The highest BCUT2D eigenvalue weighted by atomic mass is 19.1. The highest BCUT2D eigenvalue weighted by molar-refractivity contribution is 5.80. The molecule has 30 heavy (non-hydrogen) atoms. The molecule has 0 unspecified atom stereocenters. The molecule has 2 aromatic carbocycles. The van der Waals surface area contributed by atoms with Gasteiger partial charge in [0.25, 0.3) is 5.91 Å². The van der Waals surface area contributed by atoms with Crippen LogP contribution in [0.25, 0.3) is 11.0 Å². The number of fused-ring (bicyclic) bond motifs is 1. The fraction of sp³-hybridized carbons (Fsp3) is 0.304. The molecule has 0 spiro atoms. The van der Waals surface area contributed by atoms with Crippen LogP contribution >= 0.6 is 0 Å². The van der Waals surface area contributed by atoms with Crippen LogP contribution in [0.4, 0.5) is 4.39 Å². The number of rotatable bonds is 7. The Kier molecular flexibility index (Phi) is 6.40. The second-order valence-corrected chi connectivity index (χ2v) is 7.42. The highest BCUT2D eigenvalue weighted by Crippen LogP contribution is 2.24. The van der Waals surface area contributed by atoms with Gasteiger partial charge in [0.15, 0.2) is 6.61 Å². The van der Waals surface area contributed by atoms with Crippen LogP contribution < -0.4 is 14.9 Å². The molecule has 1 aromatic heterocycles. The maximum absolute atomic E-state index is 13.0. The maximum Gasteiger partial charge on any atom is 0.260 e. The molecule has 0 atom stereocenters. The van der Waals surface area contributed by atoms with Crippen molar-refractivity contribution in [1.82, 2.24) is 4.90 Å². The number of benzene rings is 2. The highest BCUT2D eigenvalue weighted by Gasteiger charge is 2.20. The fourth-order valence-corrected chi connectivity index (χ4v) is 3.27. The number of ether oxygens (including phenoxy) is 2. The zero-order chi connectivity index (χ0) is 21.8. The minimum Gasteiger partial charge on any atom is -0.484 e. The van der Waals surface area contributed by atoms with E-state index in [1.807, 2.05) is 27.7 Å². The molecule has 158 valence electrons. The Labute approximate surface area is 173 Å². The number of nitrogens with zero attached hydrogens (tertiary/aromatic N) is 1. The van der Waals surface area contributed by atoms with Gasteiger partial charge in [-0.25, -0.2) is 4.39 Å². The average molecular weight is 413 g/mol. The molecule has 1 amide bonds. The predicted molar refractivity (Wildman–Crippen MR) is 112 cm³/mol. The monoisotopic (exact) mass is 413 g/mol. The largest absolute Gasteiger partial charge is 0.484 e. The third kappa shape index (κ3) is 4.79. The van der Waals surface area contributed by atoms with E-state index in [-0.39, 0.29) is 35.8 Å². The van der Waals surface area contributed by atoms with Crippen molar-refractivity contribution in [3.63, 3.8) is 0 Å². The maximum atomic E-state index is 13.0. The van der Waals surface area contributed by atoms with Crippen molar-refractivity contribution in [3.05, 3.63) is 64.8 Å². The smallest absolute Gasteiger partial charge is 0.260 e. The fourth-order valence-electron chi connectivity index (χ4n) is 3.27. The van der Waals surface area contributed by atoms with E-state index in [9.17, 15) is 14.0 Å².